The van der Waals surface area contributed by atoms with Gasteiger partial charge in [-0.1, -0.05) is 81.9 Å². The first kappa shape index (κ1) is 25.0. The van der Waals surface area contributed by atoms with Crippen LogP contribution in [-0.2, 0) is 9.53 Å². The van der Waals surface area contributed by atoms with E-state index in [0.717, 1.165) is 21.2 Å². The number of benzene rings is 3. The fourth-order valence-corrected chi connectivity index (χ4v) is 5.65. The summed E-state index contributed by atoms with van der Waals surface area (Å²) >= 11 is 4.79. The molecule has 1 aliphatic heterocycles. The molecule has 0 N–H and O–H groups in total. The number of carbonyl (C=O) groups excluding carboxylic acids is 1. The zero-order chi connectivity index (χ0) is 26.1. The van der Waals surface area contributed by atoms with Crippen molar-refractivity contribution in [2.24, 2.45) is 4.99 Å². The first-order chi connectivity index (χ1) is 17.9. The van der Waals surface area contributed by atoms with E-state index in [0.29, 0.717) is 20.6 Å². The number of thiazole rings is 1. The van der Waals surface area contributed by atoms with Crippen molar-refractivity contribution < 1.29 is 13.9 Å². The van der Waals surface area contributed by atoms with Crippen LogP contribution in [0.5, 0.6) is 0 Å². The molecule has 186 valence electrons. The van der Waals surface area contributed by atoms with E-state index in [1.54, 1.807) is 19.1 Å². The Morgan fingerprint density at radius 3 is 2.54 bits per heavy atom. The Morgan fingerprint density at radius 1 is 1.14 bits per heavy atom. The lowest BCUT2D eigenvalue weighted by Gasteiger charge is -2.25. The monoisotopic (exact) mass is 576 g/mol. The first-order valence-electron chi connectivity index (χ1n) is 11.7. The van der Waals surface area contributed by atoms with E-state index in [2.05, 4.69) is 15.9 Å². The van der Waals surface area contributed by atoms with Crippen LogP contribution in [0.2, 0.25) is 0 Å². The minimum Gasteiger partial charge on any atom is -0.463 e. The first-order valence-corrected chi connectivity index (χ1v) is 13.3. The molecule has 1 aromatic heterocycles. The molecule has 0 spiro atoms. The van der Waals surface area contributed by atoms with Gasteiger partial charge in [-0.3, -0.25) is 9.36 Å². The molecule has 37 heavy (non-hydrogen) atoms. The van der Waals surface area contributed by atoms with E-state index in [9.17, 15) is 14.0 Å². The molecule has 1 aliphatic rings. The average molecular weight is 577 g/mol. The number of hydrogen-bond acceptors (Lipinski definition) is 5. The minimum atomic E-state index is -0.835. The summed E-state index contributed by atoms with van der Waals surface area (Å²) in [7, 11) is 0. The van der Waals surface area contributed by atoms with Crippen LogP contribution in [0.3, 0.4) is 0 Å². The molecule has 1 atom stereocenters. The molecule has 0 aliphatic carbocycles. The van der Waals surface area contributed by atoms with Gasteiger partial charge in [-0.15, -0.1) is 0 Å². The second kappa shape index (κ2) is 10.4. The number of aryl methyl sites for hydroxylation is 1. The molecule has 0 saturated carbocycles. The molecule has 0 amide bonds. The van der Waals surface area contributed by atoms with Gasteiger partial charge in [-0.05, 0) is 54.8 Å². The van der Waals surface area contributed by atoms with E-state index >= 15 is 0 Å². The Morgan fingerprint density at radius 2 is 1.86 bits per heavy atom. The summed E-state index contributed by atoms with van der Waals surface area (Å²) in [5.41, 5.74) is 3.62. The summed E-state index contributed by atoms with van der Waals surface area (Å²) < 4.78 is 22.2. The van der Waals surface area contributed by atoms with Crippen molar-refractivity contribution in [3.8, 4) is 0 Å². The van der Waals surface area contributed by atoms with Crippen molar-refractivity contribution in [2.45, 2.75) is 19.9 Å². The van der Waals surface area contributed by atoms with E-state index in [1.165, 1.54) is 28.0 Å². The summed E-state index contributed by atoms with van der Waals surface area (Å²) in [5.74, 6) is -0.984. The Hall–Kier alpha value is -3.62. The molecule has 5 nitrogen and oxygen atoms in total. The molecule has 0 unspecified atom stereocenters. The molecule has 0 fully saturated rings. The molecule has 0 radical (unpaired) electrons. The SMILES string of the molecule is CCOC(=O)C1=C(c2ccccc2)N=c2s/c(=C\c3ccc(C)c(Br)c3)c(=O)n2[C@@H]1c1ccc(F)cc1. The fraction of sp³-hybridized carbons (Fsp3) is 0.138. The lowest BCUT2D eigenvalue weighted by molar-refractivity contribution is -0.138. The average Bonchev–Trinajstić information content (AvgIpc) is 3.21. The third-order valence-corrected chi connectivity index (χ3v) is 7.89. The van der Waals surface area contributed by atoms with Crippen LogP contribution in [-0.4, -0.2) is 17.1 Å². The highest BCUT2D eigenvalue weighted by Gasteiger charge is 2.35. The molecule has 0 bridgehead atoms. The predicted octanol–water partition coefficient (Wildman–Crippen LogP) is 5.15. The fourth-order valence-electron chi connectivity index (χ4n) is 4.25. The molecule has 0 saturated heterocycles. The number of carbonyl (C=O) groups is 1. The maximum atomic E-state index is 13.9. The summed E-state index contributed by atoms with van der Waals surface area (Å²) in [5, 5.41) is 0. The van der Waals surface area contributed by atoms with Gasteiger partial charge in [0.2, 0.25) is 0 Å². The minimum absolute atomic E-state index is 0.160. The van der Waals surface area contributed by atoms with Gasteiger partial charge in [0, 0.05) is 10.0 Å². The third-order valence-electron chi connectivity index (χ3n) is 6.05. The summed E-state index contributed by atoms with van der Waals surface area (Å²) in [4.78, 5) is 32.4. The van der Waals surface area contributed by atoms with E-state index < -0.39 is 17.8 Å². The number of hydrogen-bond donors (Lipinski definition) is 0. The second-order valence-electron chi connectivity index (χ2n) is 8.49. The van der Waals surface area contributed by atoms with Crippen LogP contribution in [0.15, 0.2) is 92.6 Å². The second-order valence-corrected chi connectivity index (χ2v) is 10.4. The molecule has 2 heterocycles. The number of rotatable bonds is 5. The van der Waals surface area contributed by atoms with Gasteiger partial charge in [0.15, 0.2) is 4.80 Å². The van der Waals surface area contributed by atoms with Gasteiger partial charge in [0.25, 0.3) is 5.56 Å². The topological polar surface area (TPSA) is 60.7 Å². The molecular formula is C29H22BrFN2O3S. The van der Waals surface area contributed by atoms with E-state index in [1.807, 2.05) is 61.5 Å². The van der Waals surface area contributed by atoms with E-state index in [-0.39, 0.29) is 17.7 Å². The van der Waals surface area contributed by atoms with Crippen LogP contribution < -0.4 is 14.9 Å². The maximum absolute atomic E-state index is 13.9. The predicted molar refractivity (Wildman–Crippen MR) is 146 cm³/mol. The van der Waals surface area contributed by atoms with Gasteiger partial charge in [0.1, 0.15) is 5.82 Å². The third kappa shape index (κ3) is 4.86. The van der Waals surface area contributed by atoms with Crippen LogP contribution in [0.4, 0.5) is 4.39 Å². The smallest absolute Gasteiger partial charge is 0.338 e. The number of fused-ring (bicyclic) bond motifs is 1. The van der Waals surface area contributed by atoms with Crippen LogP contribution in [0.1, 0.15) is 35.2 Å². The summed E-state index contributed by atoms with van der Waals surface area (Å²) in [6, 6.07) is 20.1. The summed E-state index contributed by atoms with van der Waals surface area (Å²) in [6.07, 6.45) is 1.81. The van der Waals surface area contributed by atoms with Crippen LogP contribution >= 0.6 is 27.3 Å². The van der Waals surface area contributed by atoms with Crippen LogP contribution in [0.25, 0.3) is 11.8 Å². The Labute approximate surface area is 225 Å². The molecule has 8 heteroatoms. The highest BCUT2D eigenvalue weighted by atomic mass is 79.9. The Balaban J connectivity index is 1.82. The van der Waals surface area contributed by atoms with Gasteiger partial charge < -0.3 is 4.74 Å². The lowest BCUT2D eigenvalue weighted by Crippen LogP contribution is -2.40. The van der Waals surface area contributed by atoms with E-state index in [4.69, 9.17) is 9.73 Å². The number of nitrogens with zero attached hydrogens (tertiary/aromatic N) is 2. The highest BCUT2D eigenvalue weighted by molar-refractivity contribution is 9.10. The quantitative estimate of drug-likeness (QED) is 0.309. The number of esters is 1. The van der Waals surface area contributed by atoms with Crippen LogP contribution in [0, 0.1) is 12.7 Å². The molecule has 5 rings (SSSR count). The molecule has 3 aromatic carbocycles. The van der Waals surface area contributed by atoms with Gasteiger partial charge in [-0.2, -0.15) is 0 Å². The van der Waals surface area contributed by atoms with Crippen molar-refractivity contribution in [3.63, 3.8) is 0 Å². The Kier molecular flexibility index (Phi) is 7.04. The maximum Gasteiger partial charge on any atom is 0.338 e. The summed E-state index contributed by atoms with van der Waals surface area (Å²) in [6.45, 7) is 3.88. The van der Waals surface area contributed by atoms with Crippen molar-refractivity contribution in [3.05, 3.63) is 131 Å². The molecular weight excluding hydrogens is 555 g/mol. The van der Waals surface area contributed by atoms with Gasteiger partial charge in [-0.25, -0.2) is 14.2 Å². The van der Waals surface area contributed by atoms with Gasteiger partial charge in [0.05, 0.1) is 28.5 Å². The standard InChI is InChI=1S/C29H22BrFN2O3S/c1-3-36-28(35)24-25(19-7-5-4-6-8-19)32-29-33(26(24)20-11-13-21(31)14-12-20)27(34)23(37-29)16-18-10-9-17(2)22(30)15-18/h4-16,26H,3H2,1-2H3/b23-16-/t26-/m1/s1. The van der Waals surface area contributed by atoms with Crippen molar-refractivity contribution in [2.75, 3.05) is 6.61 Å². The number of ether oxygens (including phenoxy) is 1. The lowest BCUT2D eigenvalue weighted by atomic mass is 9.93. The van der Waals surface area contributed by atoms with Gasteiger partial charge >= 0.3 is 5.97 Å². The molecule has 4 aromatic rings. The number of aromatic nitrogens is 1. The largest absolute Gasteiger partial charge is 0.463 e. The highest BCUT2D eigenvalue weighted by Crippen LogP contribution is 2.35. The van der Waals surface area contributed by atoms with Crippen molar-refractivity contribution in [1.82, 2.24) is 4.57 Å². The Bertz CT molecular complexity index is 1710. The normalized spacial score (nSPS) is 15.4. The van der Waals surface area contributed by atoms with Crippen molar-refractivity contribution >= 4 is 45.0 Å². The number of halogens is 2. The zero-order valence-corrected chi connectivity index (χ0v) is 22.5. The van der Waals surface area contributed by atoms with Crippen molar-refractivity contribution in [1.29, 1.82) is 0 Å². The zero-order valence-electron chi connectivity index (χ0n) is 20.1.